The zero-order chi connectivity index (χ0) is 10.4. The van der Waals surface area contributed by atoms with Crippen molar-refractivity contribution < 1.29 is 9.53 Å². The molecule has 1 amide bonds. The molecule has 78 valence electrons. The predicted octanol–water partition coefficient (Wildman–Crippen LogP) is 1.05. The fraction of sp³-hybridized carbons (Fsp3) is 0.500. The summed E-state index contributed by atoms with van der Waals surface area (Å²) in [7, 11) is 0. The van der Waals surface area contributed by atoms with Crippen LogP contribution in [0.3, 0.4) is 0 Å². The van der Waals surface area contributed by atoms with Gasteiger partial charge in [-0.1, -0.05) is 0 Å². The third kappa shape index (κ3) is 3.35. The van der Waals surface area contributed by atoms with Gasteiger partial charge in [0.2, 0.25) is 5.91 Å². The van der Waals surface area contributed by atoms with Crippen LogP contribution in [0.5, 0.6) is 0 Å². The van der Waals surface area contributed by atoms with E-state index in [1.54, 1.807) is 17.1 Å². The molecule has 0 fully saturated rings. The summed E-state index contributed by atoms with van der Waals surface area (Å²) in [6.07, 6.45) is 3.23. The average Bonchev–Trinajstić information content (AvgIpc) is 2.62. The molecule has 0 radical (unpaired) electrons. The summed E-state index contributed by atoms with van der Waals surface area (Å²) in [5, 5.41) is 6.55. The molecule has 0 bridgehead atoms. The van der Waals surface area contributed by atoms with Crippen molar-refractivity contribution in [2.75, 3.05) is 17.8 Å². The van der Waals surface area contributed by atoms with Crippen LogP contribution >= 0.6 is 11.6 Å². The number of nitrogens with zero attached hydrogens (tertiary/aromatic N) is 2. The molecule has 0 saturated carbocycles. The lowest BCUT2D eigenvalue weighted by Crippen LogP contribution is -2.11. The van der Waals surface area contributed by atoms with Crippen molar-refractivity contribution in [2.24, 2.45) is 0 Å². The van der Waals surface area contributed by atoms with Crippen molar-refractivity contribution in [3.63, 3.8) is 0 Å². The Bertz CT molecular complexity index is 301. The zero-order valence-electron chi connectivity index (χ0n) is 7.86. The molecule has 5 nitrogen and oxygen atoms in total. The van der Waals surface area contributed by atoms with E-state index >= 15 is 0 Å². The maximum absolute atomic E-state index is 10.9. The van der Waals surface area contributed by atoms with Crippen LogP contribution in [0.2, 0.25) is 0 Å². The van der Waals surface area contributed by atoms with Crippen LogP contribution in [-0.4, -0.2) is 28.2 Å². The smallest absolute Gasteiger partial charge is 0.239 e. The van der Waals surface area contributed by atoms with Gasteiger partial charge in [-0.3, -0.25) is 4.79 Å². The molecule has 6 heteroatoms. The Hall–Kier alpha value is -1.07. The Labute approximate surface area is 87.0 Å². The highest BCUT2D eigenvalue weighted by molar-refractivity contribution is 6.29. The number of ether oxygens (including phenoxy) is 1. The zero-order valence-corrected chi connectivity index (χ0v) is 8.62. The molecule has 0 aliphatic heterocycles. The van der Waals surface area contributed by atoms with E-state index in [4.69, 9.17) is 16.3 Å². The SMILES string of the molecule is CCOCn1cc(NC(=O)CCl)cn1. The third-order valence-electron chi connectivity index (χ3n) is 1.47. The molecule has 1 heterocycles. The van der Waals surface area contributed by atoms with Gasteiger partial charge in [0.05, 0.1) is 18.1 Å². The quantitative estimate of drug-likeness (QED) is 0.751. The van der Waals surface area contributed by atoms with Crippen molar-refractivity contribution in [1.82, 2.24) is 9.78 Å². The van der Waals surface area contributed by atoms with E-state index in [0.717, 1.165) is 0 Å². The van der Waals surface area contributed by atoms with Crippen LogP contribution in [0.1, 0.15) is 6.92 Å². The number of carbonyl (C=O) groups is 1. The number of alkyl halides is 1. The minimum atomic E-state index is -0.248. The predicted molar refractivity (Wildman–Crippen MR) is 53.2 cm³/mol. The molecule has 0 atom stereocenters. The van der Waals surface area contributed by atoms with Gasteiger partial charge >= 0.3 is 0 Å². The van der Waals surface area contributed by atoms with Crippen molar-refractivity contribution >= 4 is 23.2 Å². The number of hydrogen-bond donors (Lipinski definition) is 1. The normalized spacial score (nSPS) is 10.1. The van der Waals surface area contributed by atoms with E-state index in [1.807, 2.05) is 6.92 Å². The highest BCUT2D eigenvalue weighted by Crippen LogP contribution is 2.04. The average molecular weight is 218 g/mol. The number of halogens is 1. The van der Waals surface area contributed by atoms with Crippen LogP contribution < -0.4 is 5.32 Å². The second kappa shape index (κ2) is 5.62. The molecule has 0 saturated heterocycles. The van der Waals surface area contributed by atoms with Crippen molar-refractivity contribution in [3.8, 4) is 0 Å². The summed E-state index contributed by atoms with van der Waals surface area (Å²) in [5.74, 6) is -0.306. The van der Waals surface area contributed by atoms with Gasteiger partial charge < -0.3 is 10.1 Å². The topological polar surface area (TPSA) is 56.1 Å². The molecule has 1 N–H and O–H groups in total. The van der Waals surface area contributed by atoms with Crippen LogP contribution in [0, 0.1) is 0 Å². The minimum Gasteiger partial charge on any atom is -0.360 e. The lowest BCUT2D eigenvalue weighted by Gasteiger charge is -2.00. The lowest BCUT2D eigenvalue weighted by molar-refractivity contribution is -0.113. The molecule has 1 rings (SSSR count). The molecular formula is C8H12ClN3O2. The monoisotopic (exact) mass is 217 g/mol. The van der Waals surface area contributed by atoms with Crippen LogP contribution in [0.25, 0.3) is 0 Å². The van der Waals surface area contributed by atoms with Crippen molar-refractivity contribution in [2.45, 2.75) is 13.7 Å². The highest BCUT2D eigenvalue weighted by atomic mass is 35.5. The molecule has 0 aromatic carbocycles. The summed E-state index contributed by atoms with van der Waals surface area (Å²) >= 11 is 5.33. The molecule has 0 unspecified atom stereocenters. The van der Waals surface area contributed by atoms with E-state index < -0.39 is 0 Å². The van der Waals surface area contributed by atoms with E-state index in [1.165, 1.54) is 0 Å². The fourth-order valence-electron chi connectivity index (χ4n) is 0.878. The number of amides is 1. The Kier molecular flexibility index (Phi) is 4.42. The van der Waals surface area contributed by atoms with E-state index in [9.17, 15) is 4.79 Å². The van der Waals surface area contributed by atoms with Crippen LogP contribution in [-0.2, 0) is 16.3 Å². The number of hydrogen-bond acceptors (Lipinski definition) is 3. The van der Waals surface area contributed by atoms with E-state index in [0.29, 0.717) is 19.0 Å². The minimum absolute atomic E-state index is 0.0589. The number of nitrogens with one attached hydrogen (secondary N) is 1. The highest BCUT2D eigenvalue weighted by Gasteiger charge is 2.02. The summed E-state index contributed by atoms with van der Waals surface area (Å²) in [6.45, 7) is 2.91. The first-order chi connectivity index (χ1) is 6.76. The van der Waals surface area contributed by atoms with E-state index in [2.05, 4.69) is 10.4 Å². The molecule has 0 aliphatic rings. The van der Waals surface area contributed by atoms with Gasteiger partial charge in [0.25, 0.3) is 0 Å². The van der Waals surface area contributed by atoms with Gasteiger partial charge in [-0.25, -0.2) is 4.68 Å². The van der Waals surface area contributed by atoms with Gasteiger partial charge in [-0.15, -0.1) is 11.6 Å². The number of aromatic nitrogens is 2. The maximum Gasteiger partial charge on any atom is 0.239 e. The molecule has 1 aromatic rings. The Balaban J connectivity index is 2.46. The molecule has 0 aliphatic carbocycles. The Morgan fingerprint density at radius 1 is 1.79 bits per heavy atom. The van der Waals surface area contributed by atoms with Gasteiger partial charge in [0, 0.05) is 6.61 Å². The van der Waals surface area contributed by atoms with Gasteiger partial charge in [-0.05, 0) is 6.92 Å². The first-order valence-electron chi connectivity index (χ1n) is 4.22. The van der Waals surface area contributed by atoms with Crippen LogP contribution in [0.4, 0.5) is 5.69 Å². The second-order valence-electron chi connectivity index (χ2n) is 2.57. The summed E-state index contributed by atoms with van der Waals surface area (Å²) in [6, 6.07) is 0. The Morgan fingerprint density at radius 2 is 2.57 bits per heavy atom. The first-order valence-corrected chi connectivity index (χ1v) is 4.75. The van der Waals surface area contributed by atoms with Gasteiger partial charge in [0.15, 0.2) is 0 Å². The number of rotatable bonds is 5. The summed E-state index contributed by atoms with van der Waals surface area (Å²) < 4.78 is 6.72. The van der Waals surface area contributed by atoms with Crippen molar-refractivity contribution in [1.29, 1.82) is 0 Å². The second-order valence-corrected chi connectivity index (χ2v) is 2.84. The van der Waals surface area contributed by atoms with Crippen LogP contribution in [0.15, 0.2) is 12.4 Å². The summed E-state index contributed by atoms with van der Waals surface area (Å²) in [4.78, 5) is 10.9. The maximum atomic E-state index is 10.9. The largest absolute Gasteiger partial charge is 0.360 e. The Morgan fingerprint density at radius 3 is 3.21 bits per heavy atom. The first kappa shape index (κ1) is 11.0. The lowest BCUT2D eigenvalue weighted by atomic mass is 10.5. The molecule has 1 aromatic heterocycles. The molecule has 14 heavy (non-hydrogen) atoms. The standard InChI is InChI=1S/C8H12ClN3O2/c1-2-14-6-12-5-7(4-10-12)11-8(13)3-9/h4-5H,2-3,6H2,1H3,(H,11,13). The summed E-state index contributed by atoms with van der Waals surface area (Å²) in [5.41, 5.74) is 0.621. The fourth-order valence-corrected chi connectivity index (χ4v) is 0.945. The van der Waals surface area contributed by atoms with Gasteiger partial charge in [0.1, 0.15) is 12.6 Å². The molecule has 0 spiro atoms. The molecular weight excluding hydrogens is 206 g/mol. The number of anilines is 1. The third-order valence-corrected chi connectivity index (χ3v) is 1.71. The van der Waals surface area contributed by atoms with Gasteiger partial charge in [-0.2, -0.15) is 5.10 Å². The number of carbonyl (C=O) groups excluding carboxylic acids is 1. The van der Waals surface area contributed by atoms with E-state index in [-0.39, 0.29) is 11.8 Å². The van der Waals surface area contributed by atoms with Crippen molar-refractivity contribution in [3.05, 3.63) is 12.4 Å².